The number of anilines is 1. The highest BCUT2D eigenvalue weighted by Crippen LogP contribution is 2.29. The van der Waals surface area contributed by atoms with E-state index in [2.05, 4.69) is 0 Å². The molecule has 4 nitrogen and oxygen atoms in total. The number of halogens is 4. The number of hydrogen-bond donors (Lipinski definition) is 2. The number of nitrogen functional groups attached to an aromatic ring is 1. The Kier molecular flexibility index (Phi) is 5.27. The van der Waals surface area contributed by atoms with Gasteiger partial charge in [-0.1, -0.05) is 0 Å². The fourth-order valence-electron chi connectivity index (χ4n) is 1.26. The summed E-state index contributed by atoms with van der Waals surface area (Å²) >= 11 is -0.348. The molecule has 0 unspecified atom stereocenters. The van der Waals surface area contributed by atoms with Crippen molar-refractivity contribution in [1.29, 1.82) is 0 Å². The smallest absolute Gasteiger partial charge is 0.398 e. The molecule has 0 saturated heterocycles. The van der Waals surface area contributed by atoms with Crippen LogP contribution in [0.25, 0.3) is 0 Å². The second kappa shape index (κ2) is 6.19. The highest BCUT2D eigenvalue weighted by Gasteiger charge is 2.27. The largest absolute Gasteiger partial charge is 0.441 e. The number of nitrogens with two attached hydrogens (primary N) is 1. The number of rotatable bonds is 5. The highest BCUT2D eigenvalue weighted by molar-refractivity contribution is 8.00. The third kappa shape index (κ3) is 4.84. The van der Waals surface area contributed by atoms with Crippen LogP contribution in [0.4, 0.5) is 23.2 Å². The molecule has 10 heteroatoms. The maximum atomic E-state index is 13.4. The molecule has 1 rings (SSSR count). The minimum Gasteiger partial charge on any atom is -0.398 e. The first kappa shape index (κ1) is 17.1. The average molecular weight is 332 g/mol. The highest BCUT2D eigenvalue weighted by atomic mass is 32.2. The van der Waals surface area contributed by atoms with Crippen molar-refractivity contribution in [3.8, 4) is 0 Å². The predicted octanol–water partition coefficient (Wildman–Crippen LogP) is 2.25. The fraction of sp³-hybridized carbons (Fsp3) is 0.400. The molecular weight excluding hydrogens is 320 g/mol. The summed E-state index contributed by atoms with van der Waals surface area (Å²) in [4.78, 5) is -0.421. The summed E-state index contributed by atoms with van der Waals surface area (Å²) in [5, 5.41) is 0. The van der Waals surface area contributed by atoms with Gasteiger partial charge < -0.3 is 5.73 Å². The SMILES string of the molecule is Cc1c(N)cc(S(=O)(=O)NCCSC(F)(F)F)cc1F. The Morgan fingerprint density at radius 1 is 1.35 bits per heavy atom. The summed E-state index contributed by atoms with van der Waals surface area (Å²) in [6, 6.07) is 1.82. The van der Waals surface area contributed by atoms with Crippen molar-refractivity contribution in [3.63, 3.8) is 0 Å². The lowest BCUT2D eigenvalue weighted by Gasteiger charge is -2.10. The van der Waals surface area contributed by atoms with Gasteiger partial charge in [0.15, 0.2) is 0 Å². The Labute approximate surface area is 117 Å². The first-order valence-corrected chi connectivity index (χ1v) is 7.76. The Bertz CT molecular complexity index is 564. The summed E-state index contributed by atoms with van der Waals surface area (Å²) in [6.45, 7) is 0.955. The van der Waals surface area contributed by atoms with Gasteiger partial charge in [-0.3, -0.25) is 0 Å². The van der Waals surface area contributed by atoms with Crippen molar-refractivity contribution >= 4 is 27.5 Å². The maximum Gasteiger partial charge on any atom is 0.441 e. The van der Waals surface area contributed by atoms with Gasteiger partial charge in [-0.15, -0.1) is 0 Å². The van der Waals surface area contributed by atoms with Crippen LogP contribution in [-0.4, -0.2) is 26.2 Å². The Balaban J connectivity index is 2.75. The van der Waals surface area contributed by atoms with Gasteiger partial charge in [-0.05, 0) is 30.8 Å². The number of alkyl halides is 3. The van der Waals surface area contributed by atoms with Crippen LogP contribution >= 0.6 is 11.8 Å². The molecule has 0 saturated carbocycles. The second-order valence-electron chi connectivity index (χ2n) is 3.81. The number of sulfonamides is 1. The molecule has 0 bridgehead atoms. The van der Waals surface area contributed by atoms with Crippen molar-refractivity contribution in [2.24, 2.45) is 0 Å². The lowest BCUT2D eigenvalue weighted by Crippen LogP contribution is -2.27. The van der Waals surface area contributed by atoms with Crippen LogP contribution in [0.1, 0.15) is 5.56 Å². The van der Waals surface area contributed by atoms with Crippen molar-refractivity contribution in [3.05, 3.63) is 23.5 Å². The Morgan fingerprint density at radius 3 is 2.45 bits per heavy atom. The topological polar surface area (TPSA) is 72.2 Å². The predicted molar refractivity (Wildman–Crippen MR) is 69.3 cm³/mol. The third-order valence-electron chi connectivity index (χ3n) is 2.33. The standard InChI is InChI=1S/C10H12F4N2O2S2/c1-6-8(11)4-7(5-9(6)15)20(17,18)16-2-3-19-10(12,13)14/h4-5,16H,2-3,15H2,1H3. The zero-order valence-electron chi connectivity index (χ0n) is 10.3. The van der Waals surface area contributed by atoms with Gasteiger partial charge in [0.25, 0.3) is 0 Å². The van der Waals surface area contributed by atoms with Gasteiger partial charge in [0.2, 0.25) is 10.0 Å². The molecule has 0 spiro atoms. The van der Waals surface area contributed by atoms with Crippen molar-refractivity contribution in [1.82, 2.24) is 4.72 Å². The summed E-state index contributed by atoms with van der Waals surface area (Å²) in [7, 11) is -4.09. The number of benzene rings is 1. The maximum absolute atomic E-state index is 13.4. The van der Waals surface area contributed by atoms with E-state index in [0.29, 0.717) is 0 Å². The van der Waals surface area contributed by atoms with E-state index in [9.17, 15) is 26.0 Å². The van der Waals surface area contributed by atoms with Gasteiger partial charge in [0.1, 0.15) is 5.82 Å². The zero-order valence-corrected chi connectivity index (χ0v) is 11.9. The van der Waals surface area contributed by atoms with Gasteiger partial charge in [-0.25, -0.2) is 17.5 Å². The molecule has 20 heavy (non-hydrogen) atoms. The third-order valence-corrected chi connectivity index (χ3v) is 4.50. The van der Waals surface area contributed by atoms with E-state index in [1.54, 1.807) is 0 Å². The molecule has 1 aromatic carbocycles. The quantitative estimate of drug-likeness (QED) is 0.493. The lowest BCUT2D eigenvalue weighted by atomic mass is 10.2. The van der Waals surface area contributed by atoms with Crippen LogP contribution in [0.2, 0.25) is 0 Å². The van der Waals surface area contributed by atoms with Crippen LogP contribution in [0, 0.1) is 12.7 Å². The normalized spacial score (nSPS) is 12.7. The summed E-state index contributed by atoms with van der Waals surface area (Å²) < 4.78 is 74.4. The summed E-state index contributed by atoms with van der Waals surface area (Å²) in [5.74, 6) is -1.28. The molecule has 0 aromatic heterocycles. The second-order valence-corrected chi connectivity index (χ2v) is 6.74. The summed E-state index contributed by atoms with van der Waals surface area (Å²) in [5.41, 5.74) is 1.08. The van der Waals surface area contributed by atoms with E-state index in [-0.39, 0.29) is 23.0 Å². The van der Waals surface area contributed by atoms with Gasteiger partial charge in [-0.2, -0.15) is 13.2 Å². The molecular formula is C10H12F4N2O2S2. The monoisotopic (exact) mass is 332 g/mol. The Morgan fingerprint density at radius 2 is 1.95 bits per heavy atom. The van der Waals surface area contributed by atoms with Crippen LogP contribution in [-0.2, 0) is 10.0 Å². The van der Waals surface area contributed by atoms with Crippen molar-refractivity contribution in [2.45, 2.75) is 17.3 Å². The molecule has 0 aliphatic carbocycles. The summed E-state index contributed by atoms with van der Waals surface area (Å²) in [6.07, 6.45) is 0. The lowest BCUT2D eigenvalue weighted by molar-refractivity contribution is -0.0327. The molecule has 0 radical (unpaired) electrons. The van der Waals surface area contributed by atoms with Crippen LogP contribution in [0.5, 0.6) is 0 Å². The minimum atomic E-state index is -4.42. The average Bonchev–Trinajstić information content (AvgIpc) is 2.30. The number of hydrogen-bond acceptors (Lipinski definition) is 4. The number of nitrogens with one attached hydrogen (secondary N) is 1. The first-order chi connectivity index (χ1) is 9.03. The van der Waals surface area contributed by atoms with E-state index in [4.69, 9.17) is 5.73 Å². The first-order valence-electron chi connectivity index (χ1n) is 5.29. The molecule has 0 heterocycles. The van der Waals surface area contributed by atoms with Crippen molar-refractivity contribution < 1.29 is 26.0 Å². The zero-order chi connectivity index (χ0) is 15.6. The van der Waals surface area contributed by atoms with Crippen LogP contribution < -0.4 is 10.5 Å². The molecule has 0 amide bonds. The molecule has 3 N–H and O–H groups in total. The van der Waals surface area contributed by atoms with Gasteiger partial charge in [0.05, 0.1) is 4.90 Å². The van der Waals surface area contributed by atoms with E-state index in [1.807, 2.05) is 4.72 Å². The van der Waals surface area contributed by atoms with Crippen LogP contribution in [0.3, 0.4) is 0 Å². The Hall–Kier alpha value is -1.00. The van der Waals surface area contributed by atoms with Crippen molar-refractivity contribution in [2.75, 3.05) is 18.0 Å². The fourth-order valence-corrected chi connectivity index (χ4v) is 2.90. The minimum absolute atomic E-state index is 0.0463. The van der Waals surface area contributed by atoms with Crippen LogP contribution in [0.15, 0.2) is 17.0 Å². The molecule has 0 atom stereocenters. The molecule has 114 valence electrons. The van der Waals surface area contributed by atoms with Gasteiger partial charge in [0, 0.05) is 23.5 Å². The van der Waals surface area contributed by atoms with Gasteiger partial charge >= 0.3 is 5.51 Å². The van der Waals surface area contributed by atoms with E-state index in [1.165, 1.54) is 6.92 Å². The number of thioether (sulfide) groups is 1. The van der Waals surface area contributed by atoms with E-state index < -0.39 is 38.5 Å². The molecule has 1 aromatic rings. The van der Waals surface area contributed by atoms with E-state index in [0.717, 1.165) is 12.1 Å². The molecule has 0 aliphatic rings. The molecule has 0 fully saturated rings. The molecule has 0 aliphatic heterocycles. The van der Waals surface area contributed by atoms with E-state index >= 15 is 0 Å².